The van der Waals surface area contributed by atoms with E-state index in [0.717, 1.165) is 5.56 Å². The molecule has 0 saturated heterocycles. The van der Waals surface area contributed by atoms with E-state index < -0.39 is 0 Å². The first kappa shape index (κ1) is 13.2. The highest BCUT2D eigenvalue weighted by atomic mass is 16.5. The van der Waals surface area contributed by atoms with Gasteiger partial charge in [0.25, 0.3) is 0 Å². The Morgan fingerprint density at radius 2 is 1.89 bits per heavy atom. The van der Waals surface area contributed by atoms with Crippen LogP contribution in [0.2, 0.25) is 0 Å². The predicted molar refractivity (Wildman–Crippen MR) is 66.1 cm³/mol. The molecule has 19 heavy (non-hydrogen) atoms. The van der Waals surface area contributed by atoms with Crippen LogP contribution in [0.5, 0.6) is 17.2 Å². The average Bonchev–Trinajstić information content (AvgIpc) is 2.97. The summed E-state index contributed by atoms with van der Waals surface area (Å²) in [5, 5.41) is 3.66. The van der Waals surface area contributed by atoms with Crippen LogP contribution in [0.25, 0.3) is 0 Å². The van der Waals surface area contributed by atoms with E-state index in [-0.39, 0.29) is 6.61 Å². The maximum absolute atomic E-state index is 5.62. The summed E-state index contributed by atoms with van der Waals surface area (Å²) in [6.07, 6.45) is 1.24. The van der Waals surface area contributed by atoms with Crippen LogP contribution in [0.4, 0.5) is 0 Å². The average molecular weight is 265 g/mol. The van der Waals surface area contributed by atoms with Gasteiger partial charge in [-0.25, -0.2) is 0 Å². The van der Waals surface area contributed by atoms with Crippen molar-refractivity contribution in [1.82, 2.24) is 10.1 Å². The molecule has 2 rings (SSSR count). The Kier molecular flexibility index (Phi) is 4.19. The first-order valence-electron chi connectivity index (χ1n) is 5.61. The quantitative estimate of drug-likeness (QED) is 0.836. The second-order valence-corrected chi connectivity index (χ2v) is 3.67. The predicted octanol–water partition coefficient (Wildman–Crippen LogP) is 1.12. The van der Waals surface area contributed by atoms with Crippen molar-refractivity contribution in [1.29, 1.82) is 0 Å². The van der Waals surface area contributed by atoms with E-state index in [9.17, 15) is 0 Å². The van der Waals surface area contributed by atoms with Gasteiger partial charge in [0.15, 0.2) is 18.1 Å². The lowest BCUT2D eigenvalue weighted by Crippen LogP contribution is -2.04. The number of methoxy groups -OCH3 is 2. The van der Waals surface area contributed by atoms with E-state index in [1.165, 1.54) is 6.39 Å². The van der Waals surface area contributed by atoms with Gasteiger partial charge in [0, 0.05) is 6.54 Å². The first-order chi connectivity index (χ1) is 9.28. The minimum atomic E-state index is 0.158. The molecule has 0 unspecified atom stereocenters. The van der Waals surface area contributed by atoms with Crippen LogP contribution in [-0.4, -0.2) is 24.4 Å². The van der Waals surface area contributed by atoms with Crippen LogP contribution >= 0.6 is 0 Å². The van der Waals surface area contributed by atoms with Gasteiger partial charge in [-0.05, 0) is 17.7 Å². The van der Waals surface area contributed by atoms with Gasteiger partial charge in [0.1, 0.15) is 0 Å². The summed E-state index contributed by atoms with van der Waals surface area (Å²) in [6, 6.07) is 3.60. The number of rotatable bonds is 6. The molecule has 102 valence electrons. The Morgan fingerprint density at radius 3 is 2.37 bits per heavy atom. The largest absolute Gasteiger partial charge is 0.493 e. The standard InChI is InChI=1S/C12H15N3O4/c1-16-9-3-8(5-13)4-10(17-2)12(9)18-6-11-14-7-19-15-11/h3-4,7H,5-6,13H2,1-2H3. The van der Waals surface area contributed by atoms with E-state index in [1.807, 2.05) is 0 Å². The Labute approximate surface area is 110 Å². The lowest BCUT2D eigenvalue weighted by atomic mass is 10.2. The van der Waals surface area contributed by atoms with Gasteiger partial charge in [-0.15, -0.1) is 0 Å². The smallest absolute Gasteiger partial charge is 0.213 e. The minimum Gasteiger partial charge on any atom is -0.493 e. The molecule has 7 nitrogen and oxygen atoms in total. The molecule has 0 aliphatic heterocycles. The number of nitrogens with two attached hydrogens (primary N) is 1. The second-order valence-electron chi connectivity index (χ2n) is 3.67. The fourth-order valence-corrected chi connectivity index (χ4v) is 1.59. The number of benzene rings is 1. The monoisotopic (exact) mass is 265 g/mol. The molecule has 0 aliphatic carbocycles. The molecule has 0 aliphatic rings. The lowest BCUT2D eigenvalue weighted by molar-refractivity contribution is 0.254. The number of nitrogens with zero attached hydrogens (tertiary/aromatic N) is 2. The molecule has 0 saturated carbocycles. The Hall–Kier alpha value is -2.28. The Bertz CT molecular complexity index is 503. The molecule has 0 amide bonds. The van der Waals surface area contributed by atoms with Gasteiger partial charge >= 0.3 is 0 Å². The maximum Gasteiger partial charge on any atom is 0.213 e. The SMILES string of the molecule is COc1cc(CN)cc(OC)c1OCc1ncon1. The van der Waals surface area contributed by atoms with Crippen molar-refractivity contribution in [2.75, 3.05) is 14.2 Å². The highest BCUT2D eigenvalue weighted by Gasteiger charge is 2.14. The fourth-order valence-electron chi connectivity index (χ4n) is 1.59. The van der Waals surface area contributed by atoms with E-state index in [2.05, 4.69) is 14.7 Å². The summed E-state index contributed by atoms with van der Waals surface area (Å²) >= 11 is 0. The molecule has 7 heteroatoms. The highest BCUT2D eigenvalue weighted by Crippen LogP contribution is 2.38. The summed E-state index contributed by atoms with van der Waals surface area (Å²) in [6.45, 7) is 0.545. The number of aromatic nitrogens is 2. The first-order valence-corrected chi connectivity index (χ1v) is 5.61. The zero-order valence-corrected chi connectivity index (χ0v) is 10.8. The molecule has 1 heterocycles. The van der Waals surface area contributed by atoms with Gasteiger partial charge in [-0.1, -0.05) is 5.16 Å². The fraction of sp³-hybridized carbons (Fsp3) is 0.333. The molecule has 2 N–H and O–H groups in total. The van der Waals surface area contributed by atoms with Gasteiger partial charge in [0.05, 0.1) is 14.2 Å². The molecular weight excluding hydrogens is 250 g/mol. The van der Waals surface area contributed by atoms with E-state index in [1.54, 1.807) is 26.4 Å². The van der Waals surface area contributed by atoms with Crippen molar-refractivity contribution in [2.24, 2.45) is 5.73 Å². The molecule has 0 spiro atoms. The third kappa shape index (κ3) is 2.94. The number of hydrogen-bond donors (Lipinski definition) is 1. The van der Waals surface area contributed by atoms with Crippen molar-refractivity contribution < 1.29 is 18.7 Å². The van der Waals surface area contributed by atoms with Crippen LogP contribution in [0.15, 0.2) is 23.0 Å². The maximum atomic E-state index is 5.62. The van der Waals surface area contributed by atoms with Gasteiger partial charge in [-0.2, -0.15) is 4.98 Å². The second kappa shape index (κ2) is 6.05. The summed E-state index contributed by atoms with van der Waals surface area (Å²) in [5.41, 5.74) is 6.50. The van der Waals surface area contributed by atoms with Gasteiger partial charge in [-0.3, -0.25) is 0 Å². The van der Waals surface area contributed by atoms with Gasteiger partial charge in [0.2, 0.25) is 18.0 Å². The molecule has 2 aromatic rings. The van der Waals surface area contributed by atoms with Crippen LogP contribution in [-0.2, 0) is 13.2 Å². The summed E-state index contributed by atoms with van der Waals surface area (Å²) in [5.74, 6) is 2.01. The molecule has 1 aromatic heterocycles. The summed E-state index contributed by atoms with van der Waals surface area (Å²) in [7, 11) is 3.10. The normalized spacial score (nSPS) is 10.3. The van der Waals surface area contributed by atoms with Crippen molar-refractivity contribution in [2.45, 2.75) is 13.2 Å². The van der Waals surface area contributed by atoms with Crippen molar-refractivity contribution >= 4 is 0 Å². The van der Waals surface area contributed by atoms with Crippen molar-refractivity contribution in [3.8, 4) is 17.2 Å². The Morgan fingerprint density at radius 1 is 1.21 bits per heavy atom. The molecule has 0 radical (unpaired) electrons. The lowest BCUT2D eigenvalue weighted by Gasteiger charge is -2.14. The summed E-state index contributed by atoms with van der Waals surface area (Å²) < 4.78 is 20.8. The van der Waals surface area contributed by atoms with Crippen molar-refractivity contribution in [3.63, 3.8) is 0 Å². The minimum absolute atomic E-state index is 0.158. The van der Waals surface area contributed by atoms with E-state index in [4.69, 9.17) is 19.9 Å². The third-order valence-electron chi connectivity index (χ3n) is 2.51. The highest BCUT2D eigenvalue weighted by molar-refractivity contribution is 5.53. The molecule has 1 aromatic carbocycles. The third-order valence-corrected chi connectivity index (χ3v) is 2.51. The van der Waals surface area contributed by atoms with E-state index in [0.29, 0.717) is 29.6 Å². The topological polar surface area (TPSA) is 92.6 Å². The number of ether oxygens (including phenoxy) is 3. The molecule has 0 atom stereocenters. The van der Waals surface area contributed by atoms with E-state index >= 15 is 0 Å². The van der Waals surface area contributed by atoms with Crippen LogP contribution in [0.1, 0.15) is 11.4 Å². The van der Waals surface area contributed by atoms with Crippen molar-refractivity contribution in [3.05, 3.63) is 29.9 Å². The van der Waals surface area contributed by atoms with Crippen LogP contribution in [0, 0.1) is 0 Å². The Balaban J connectivity index is 2.26. The van der Waals surface area contributed by atoms with Crippen LogP contribution in [0.3, 0.4) is 0 Å². The van der Waals surface area contributed by atoms with Crippen LogP contribution < -0.4 is 19.9 Å². The molecule has 0 bridgehead atoms. The zero-order valence-electron chi connectivity index (χ0n) is 10.8. The number of hydrogen-bond acceptors (Lipinski definition) is 7. The zero-order chi connectivity index (χ0) is 13.7. The molecular formula is C12H15N3O4. The van der Waals surface area contributed by atoms with Gasteiger partial charge < -0.3 is 24.5 Å². The molecule has 0 fully saturated rings. The summed E-state index contributed by atoms with van der Waals surface area (Å²) in [4.78, 5) is 3.87.